The van der Waals surface area contributed by atoms with Gasteiger partial charge in [0.15, 0.2) is 0 Å². The van der Waals surface area contributed by atoms with Gasteiger partial charge in [-0.2, -0.15) is 0 Å². The molecule has 1 aliphatic rings. The fourth-order valence-electron chi connectivity index (χ4n) is 2.04. The van der Waals surface area contributed by atoms with Gasteiger partial charge in [-0.1, -0.05) is 20.8 Å². The average Bonchev–Trinajstić information content (AvgIpc) is 2.07. The first-order valence-corrected chi connectivity index (χ1v) is 4.24. The minimum Gasteiger partial charge on any atom is -0.392 e. The second-order valence-corrected chi connectivity index (χ2v) is 3.87. The normalized spacial score (nSPS) is 38.6. The Bertz CT molecular complexity index is 163. The molecule has 64 valence electrons. The number of hydrogen-bond donors (Lipinski definition) is 1. The molecule has 0 saturated heterocycles. The van der Waals surface area contributed by atoms with Crippen LogP contribution in [0.3, 0.4) is 0 Å². The summed E-state index contributed by atoms with van der Waals surface area (Å²) in [5.41, 5.74) is 0. The second kappa shape index (κ2) is 2.94. The number of Topliss-reactive ketones (excluding diaryl/α,β-unsaturated/α-hetero) is 1. The summed E-state index contributed by atoms with van der Waals surface area (Å²) in [5, 5.41) is 9.37. The molecule has 1 aliphatic carbocycles. The summed E-state index contributed by atoms with van der Waals surface area (Å²) >= 11 is 0. The van der Waals surface area contributed by atoms with Gasteiger partial charge in [-0.25, -0.2) is 0 Å². The van der Waals surface area contributed by atoms with Gasteiger partial charge in [-0.05, 0) is 11.8 Å². The maximum Gasteiger partial charge on any atom is 0.139 e. The molecule has 1 N–H and O–H groups in total. The van der Waals surface area contributed by atoms with E-state index in [2.05, 4.69) is 0 Å². The third-order valence-electron chi connectivity index (χ3n) is 2.67. The van der Waals surface area contributed by atoms with Gasteiger partial charge in [0.1, 0.15) is 5.78 Å². The highest BCUT2D eigenvalue weighted by Crippen LogP contribution is 2.33. The Hall–Kier alpha value is -0.370. The van der Waals surface area contributed by atoms with E-state index < -0.39 is 6.10 Å². The standard InChI is InChI=1S/C9H16O2/c1-5(2)9-6(3)7(10)4-8(9)11/h5-7,9-10H,4H2,1-3H3/t6-,7-,9+/m0/s1. The molecule has 0 spiro atoms. The minimum absolute atomic E-state index is 0.0880. The van der Waals surface area contributed by atoms with Gasteiger partial charge in [-0.15, -0.1) is 0 Å². The molecule has 1 fully saturated rings. The number of hydrogen-bond acceptors (Lipinski definition) is 2. The van der Waals surface area contributed by atoms with Gasteiger partial charge in [0.2, 0.25) is 0 Å². The van der Waals surface area contributed by atoms with E-state index in [4.69, 9.17) is 0 Å². The quantitative estimate of drug-likeness (QED) is 0.620. The van der Waals surface area contributed by atoms with Gasteiger partial charge in [0, 0.05) is 12.3 Å². The molecule has 0 bridgehead atoms. The molecule has 0 amide bonds. The maximum atomic E-state index is 11.3. The summed E-state index contributed by atoms with van der Waals surface area (Å²) in [6.07, 6.45) is -0.0285. The smallest absolute Gasteiger partial charge is 0.139 e. The van der Waals surface area contributed by atoms with Crippen LogP contribution in [0.15, 0.2) is 0 Å². The molecule has 0 aromatic carbocycles. The highest BCUT2D eigenvalue weighted by Gasteiger charge is 2.39. The molecule has 0 aromatic rings. The van der Waals surface area contributed by atoms with Crippen LogP contribution in [0.1, 0.15) is 27.2 Å². The molecular formula is C9H16O2. The largest absolute Gasteiger partial charge is 0.392 e. The first-order valence-electron chi connectivity index (χ1n) is 4.24. The molecular weight excluding hydrogens is 140 g/mol. The van der Waals surface area contributed by atoms with Crippen molar-refractivity contribution in [2.75, 3.05) is 0 Å². The highest BCUT2D eigenvalue weighted by molar-refractivity contribution is 5.84. The molecule has 1 rings (SSSR count). The fourth-order valence-corrected chi connectivity index (χ4v) is 2.04. The average molecular weight is 156 g/mol. The van der Waals surface area contributed by atoms with Crippen molar-refractivity contribution in [3.63, 3.8) is 0 Å². The van der Waals surface area contributed by atoms with Crippen LogP contribution in [0.5, 0.6) is 0 Å². The summed E-state index contributed by atoms with van der Waals surface area (Å²) in [6, 6.07) is 0. The van der Waals surface area contributed by atoms with Crippen LogP contribution < -0.4 is 0 Å². The molecule has 0 heterocycles. The van der Waals surface area contributed by atoms with Crippen LogP contribution in [0, 0.1) is 17.8 Å². The Morgan fingerprint density at radius 3 is 2.27 bits per heavy atom. The third-order valence-corrected chi connectivity index (χ3v) is 2.67. The maximum absolute atomic E-state index is 11.3. The lowest BCUT2D eigenvalue weighted by Gasteiger charge is -2.18. The van der Waals surface area contributed by atoms with Crippen LogP contribution in [0.25, 0.3) is 0 Å². The molecule has 0 radical (unpaired) electrons. The predicted molar refractivity (Wildman–Crippen MR) is 43.1 cm³/mol. The number of carbonyl (C=O) groups is 1. The Morgan fingerprint density at radius 1 is 1.55 bits per heavy atom. The molecule has 2 nitrogen and oxygen atoms in total. The predicted octanol–water partition coefficient (Wildman–Crippen LogP) is 1.23. The SMILES string of the molecule is CC(C)[C@H]1C(=O)C[C@H](O)[C@@H]1C. The summed E-state index contributed by atoms with van der Waals surface area (Å²) in [4.78, 5) is 11.3. The van der Waals surface area contributed by atoms with E-state index in [-0.39, 0.29) is 17.6 Å². The van der Waals surface area contributed by atoms with Crippen LogP contribution in [0.2, 0.25) is 0 Å². The van der Waals surface area contributed by atoms with E-state index in [0.29, 0.717) is 12.3 Å². The molecule has 0 aromatic heterocycles. The monoisotopic (exact) mass is 156 g/mol. The highest BCUT2D eigenvalue weighted by atomic mass is 16.3. The number of ketones is 1. The Labute approximate surface area is 67.6 Å². The summed E-state index contributed by atoms with van der Waals surface area (Å²) < 4.78 is 0. The van der Waals surface area contributed by atoms with Crippen LogP contribution >= 0.6 is 0 Å². The van der Waals surface area contributed by atoms with Gasteiger partial charge >= 0.3 is 0 Å². The van der Waals surface area contributed by atoms with Crippen LogP contribution in [-0.4, -0.2) is 17.0 Å². The Balaban J connectivity index is 2.71. The van der Waals surface area contributed by atoms with Crippen molar-refractivity contribution in [2.45, 2.75) is 33.3 Å². The zero-order valence-corrected chi connectivity index (χ0v) is 7.37. The lowest BCUT2D eigenvalue weighted by Crippen LogP contribution is -2.21. The van der Waals surface area contributed by atoms with E-state index in [1.54, 1.807) is 0 Å². The van der Waals surface area contributed by atoms with Gasteiger partial charge < -0.3 is 5.11 Å². The van der Waals surface area contributed by atoms with Crippen molar-refractivity contribution < 1.29 is 9.90 Å². The van der Waals surface area contributed by atoms with Crippen molar-refractivity contribution >= 4 is 5.78 Å². The first-order chi connectivity index (χ1) is 5.04. The summed E-state index contributed by atoms with van der Waals surface area (Å²) in [7, 11) is 0. The van der Waals surface area contributed by atoms with Gasteiger partial charge in [0.25, 0.3) is 0 Å². The van der Waals surface area contributed by atoms with E-state index in [9.17, 15) is 9.90 Å². The number of carbonyl (C=O) groups excluding carboxylic acids is 1. The van der Waals surface area contributed by atoms with E-state index in [0.717, 1.165) is 0 Å². The molecule has 1 saturated carbocycles. The first kappa shape index (κ1) is 8.72. The van der Waals surface area contributed by atoms with Gasteiger partial charge in [0.05, 0.1) is 6.10 Å². The fraction of sp³-hybridized carbons (Fsp3) is 0.889. The topological polar surface area (TPSA) is 37.3 Å². The number of aliphatic hydroxyl groups is 1. The third kappa shape index (κ3) is 1.45. The lowest BCUT2D eigenvalue weighted by atomic mass is 9.86. The molecule has 11 heavy (non-hydrogen) atoms. The van der Waals surface area contributed by atoms with Crippen molar-refractivity contribution in [3.05, 3.63) is 0 Å². The molecule has 2 heteroatoms. The van der Waals surface area contributed by atoms with E-state index in [1.165, 1.54) is 0 Å². The molecule has 0 aliphatic heterocycles. The molecule has 3 atom stereocenters. The van der Waals surface area contributed by atoms with Crippen molar-refractivity contribution in [1.29, 1.82) is 0 Å². The lowest BCUT2D eigenvalue weighted by molar-refractivity contribution is -0.122. The summed E-state index contributed by atoms with van der Waals surface area (Å²) in [6.45, 7) is 6.04. The van der Waals surface area contributed by atoms with Crippen LogP contribution in [-0.2, 0) is 4.79 Å². The number of rotatable bonds is 1. The number of aliphatic hydroxyl groups excluding tert-OH is 1. The van der Waals surface area contributed by atoms with Crippen molar-refractivity contribution in [1.82, 2.24) is 0 Å². The molecule has 0 unspecified atom stereocenters. The zero-order chi connectivity index (χ0) is 8.59. The van der Waals surface area contributed by atoms with Crippen LogP contribution in [0.4, 0.5) is 0 Å². The minimum atomic E-state index is -0.394. The summed E-state index contributed by atoms with van der Waals surface area (Å²) in [5.74, 6) is 0.849. The van der Waals surface area contributed by atoms with E-state index >= 15 is 0 Å². The second-order valence-electron chi connectivity index (χ2n) is 3.87. The Morgan fingerprint density at radius 2 is 2.09 bits per heavy atom. The Kier molecular flexibility index (Phi) is 2.33. The van der Waals surface area contributed by atoms with Crippen molar-refractivity contribution in [3.8, 4) is 0 Å². The van der Waals surface area contributed by atoms with Gasteiger partial charge in [-0.3, -0.25) is 4.79 Å². The van der Waals surface area contributed by atoms with E-state index in [1.807, 2.05) is 20.8 Å². The zero-order valence-electron chi connectivity index (χ0n) is 7.37. The van der Waals surface area contributed by atoms with Crippen molar-refractivity contribution in [2.24, 2.45) is 17.8 Å².